The van der Waals surface area contributed by atoms with Gasteiger partial charge in [0.05, 0.1) is 4.90 Å². The summed E-state index contributed by atoms with van der Waals surface area (Å²) in [6.45, 7) is 3.75. The second kappa shape index (κ2) is 5.94. The average molecular weight is 387 g/mol. The Balaban J connectivity index is 1.68. The molecule has 2 unspecified atom stereocenters. The lowest BCUT2D eigenvalue weighted by Gasteiger charge is -2.34. The molecule has 22 heavy (non-hydrogen) atoms. The fraction of sp³-hybridized carbons (Fsp3) is 0.533. The highest BCUT2D eigenvalue weighted by Crippen LogP contribution is 2.39. The first kappa shape index (κ1) is 16.0. The number of piperazine rings is 1. The summed E-state index contributed by atoms with van der Waals surface area (Å²) in [7, 11) is -3.51. The van der Waals surface area contributed by atoms with Crippen LogP contribution in [0.5, 0.6) is 0 Å². The Bertz CT molecular complexity index is 684. The molecule has 1 amide bonds. The van der Waals surface area contributed by atoms with Gasteiger partial charge in [-0.15, -0.1) is 0 Å². The first-order valence-corrected chi connectivity index (χ1v) is 9.68. The number of benzene rings is 1. The number of amides is 1. The van der Waals surface area contributed by atoms with E-state index in [-0.39, 0.29) is 16.7 Å². The van der Waals surface area contributed by atoms with Crippen molar-refractivity contribution in [2.45, 2.75) is 18.2 Å². The van der Waals surface area contributed by atoms with E-state index in [0.717, 1.165) is 6.42 Å². The molecular formula is C15H19BrN2O3S. The maximum Gasteiger partial charge on any atom is 0.244 e. The molecule has 1 aromatic carbocycles. The van der Waals surface area contributed by atoms with E-state index in [4.69, 9.17) is 0 Å². The molecule has 3 rings (SSSR count). The molecule has 2 aliphatic rings. The zero-order chi connectivity index (χ0) is 15.9. The van der Waals surface area contributed by atoms with E-state index in [1.807, 2.05) is 0 Å². The molecule has 0 N–H and O–H groups in total. The standard InChI is InChI=1S/C15H19BrN2O3S/c1-11-10-12(11)15(19)17-6-8-18(9-7-17)22(20,21)14-5-3-2-4-13(14)16/h2-5,11-12H,6-10H2,1H3. The molecule has 1 aliphatic carbocycles. The maximum atomic E-state index is 12.7. The van der Waals surface area contributed by atoms with E-state index in [9.17, 15) is 13.2 Å². The molecule has 1 aromatic rings. The van der Waals surface area contributed by atoms with Crippen molar-refractivity contribution in [3.8, 4) is 0 Å². The van der Waals surface area contributed by atoms with Crippen molar-refractivity contribution < 1.29 is 13.2 Å². The highest BCUT2D eigenvalue weighted by Gasteiger charge is 2.42. The molecule has 1 saturated heterocycles. The summed E-state index contributed by atoms with van der Waals surface area (Å²) >= 11 is 3.30. The Labute approximate surface area is 139 Å². The Kier molecular flexibility index (Phi) is 4.31. The third-order valence-electron chi connectivity index (χ3n) is 4.43. The van der Waals surface area contributed by atoms with Crippen LogP contribution < -0.4 is 0 Å². The van der Waals surface area contributed by atoms with E-state index in [0.29, 0.717) is 36.6 Å². The van der Waals surface area contributed by atoms with Crippen LogP contribution in [0.2, 0.25) is 0 Å². The van der Waals surface area contributed by atoms with Crippen molar-refractivity contribution in [1.82, 2.24) is 9.21 Å². The van der Waals surface area contributed by atoms with E-state index in [1.165, 1.54) is 4.31 Å². The summed E-state index contributed by atoms with van der Waals surface area (Å²) in [5, 5.41) is 0. The minimum Gasteiger partial charge on any atom is -0.340 e. The Morgan fingerprint density at radius 1 is 1.18 bits per heavy atom. The normalized spacial score (nSPS) is 26.0. The zero-order valence-electron chi connectivity index (χ0n) is 12.4. The topological polar surface area (TPSA) is 57.7 Å². The first-order chi connectivity index (χ1) is 10.4. The van der Waals surface area contributed by atoms with Gasteiger partial charge in [0.2, 0.25) is 15.9 Å². The summed E-state index contributed by atoms with van der Waals surface area (Å²) in [5.41, 5.74) is 0. The van der Waals surface area contributed by atoms with Crippen molar-refractivity contribution in [1.29, 1.82) is 0 Å². The van der Waals surface area contributed by atoms with Crippen molar-refractivity contribution in [2.24, 2.45) is 11.8 Å². The van der Waals surface area contributed by atoms with Crippen LogP contribution in [0.25, 0.3) is 0 Å². The third-order valence-corrected chi connectivity index (χ3v) is 7.34. The SMILES string of the molecule is CC1CC1C(=O)N1CCN(S(=O)(=O)c2ccccc2Br)CC1. The summed E-state index contributed by atoms with van der Waals surface area (Å²) in [6, 6.07) is 6.83. The Morgan fingerprint density at radius 3 is 2.32 bits per heavy atom. The van der Waals surface area contributed by atoms with Crippen LogP contribution in [0.4, 0.5) is 0 Å². The van der Waals surface area contributed by atoms with Gasteiger partial charge >= 0.3 is 0 Å². The quantitative estimate of drug-likeness (QED) is 0.797. The van der Waals surface area contributed by atoms with Crippen LogP contribution in [0.1, 0.15) is 13.3 Å². The van der Waals surface area contributed by atoms with Crippen molar-refractivity contribution in [3.63, 3.8) is 0 Å². The van der Waals surface area contributed by atoms with Gasteiger partial charge in [0.15, 0.2) is 0 Å². The van der Waals surface area contributed by atoms with Crippen LogP contribution in [-0.4, -0.2) is 49.7 Å². The van der Waals surface area contributed by atoms with E-state index < -0.39 is 10.0 Å². The van der Waals surface area contributed by atoms with Gasteiger partial charge in [-0.3, -0.25) is 4.79 Å². The van der Waals surface area contributed by atoms with Gasteiger partial charge in [0.1, 0.15) is 0 Å². The molecule has 0 spiro atoms. The number of hydrogen-bond acceptors (Lipinski definition) is 3. The maximum absolute atomic E-state index is 12.7. The van der Waals surface area contributed by atoms with Crippen LogP contribution in [-0.2, 0) is 14.8 Å². The predicted octanol–water partition coefficient (Wildman–Crippen LogP) is 1.94. The second-order valence-corrected chi connectivity index (χ2v) is 8.74. The molecule has 1 heterocycles. The van der Waals surface area contributed by atoms with Gasteiger partial charge in [-0.25, -0.2) is 8.42 Å². The molecule has 7 heteroatoms. The molecule has 0 bridgehead atoms. The van der Waals surface area contributed by atoms with Crippen LogP contribution >= 0.6 is 15.9 Å². The molecule has 5 nitrogen and oxygen atoms in total. The Hall–Kier alpha value is -0.920. The minimum atomic E-state index is -3.51. The van der Waals surface area contributed by atoms with E-state index in [1.54, 1.807) is 29.2 Å². The highest BCUT2D eigenvalue weighted by molar-refractivity contribution is 9.10. The smallest absolute Gasteiger partial charge is 0.244 e. The zero-order valence-corrected chi connectivity index (χ0v) is 14.8. The fourth-order valence-corrected chi connectivity index (χ4v) is 5.23. The van der Waals surface area contributed by atoms with Crippen LogP contribution in [0.3, 0.4) is 0 Å². The molecule has 0 radical (unpaired) electrons. The number of hydrogen-bond donors (Lipinski definition) is 0. The van der Waals surface area contributed by atoms with Gasteiger partial charge in [0.25, 0.3) is 0 Å². The average Bonchev–Trinajstić information content (AvgIpc) is 3.24. The highest BCUT2D eigenvalue weighted by atomic mass is 79.9. The van der Waals surface area contributed by atoms with Gasteiger partial charge in [-0.1, -0.05) is 19.1 Å². The lowest BCUT2D eigenvalue weighted by molar-refractivity contribution is -0.134. The van der Waals surface area contributed by atoms with Crippen molar-refractivity contribution in [3.05, 3.63) is 28.7 Å². The van der Waals surface area contributed by atoms with Crippen molar-refractivity contribution in [2.75, 3.05) is 26.2 Å². The number of rotatable bonds is 3. The van der Waals surface area contributed by atoms with Crippen molar-refractivity contribution >= 4 is 31.9 Å². The fourth-order valence-electron chi connectivity index (χ4n) is 2.84. The molecule has 1 aliphatic heterocycles. The van der Waals surface area contributed by atoms with E-state index in [2.05, 4.69) is 22.9 Å². The van der Waals surface area contributed by atoms with Crippen LogP contribution in [0, 0.1) is 11.8 Å². The number of carbonyl (C=O) groups excluding carboxylic acids is 1. The van der Waals surface area contributed by atoms with Crippen LogP contribution in [0.15, 0.2) is 33.6 Å². The predicted molar refractivity (Wildman–Crippen MR) is 86.8 cm³/mol. The third kappa shape index (κ3) is 2.94. The first-order valence-electron chi connectivity index (χ1n) is 7.44. The summed E-state index contributed by atoms with van der Waals surface area (Å²) in [5.74, 6) is 0.825. The number of nitrogens with zero attached hydrogens (tertiary/aromatic N) is 2. The minimum absolute atomic E-state index is 0.159. The second-order valence-electron chi connectivity index (χ2n) is 5.98. The summed E-state index contributed by atoms with van der Waals surface area (Å²) in [6.07, 6.45) is 0.967. The molecule has 0 aromatic heterocycles. The van der Waals surface area contributed by atoms with E-state index >= 15 is 0 Å². The molecule has 2 atom stereocenters. The van der Waals surface area contributed by atoms with Gasteiger partial charge < -0.3 is 4.90 Å². The molecule has 1 saturated carbocycles. The summed E-state index contributed by atoms with van der Waals surface area (Å²) in [4.78, 5) is 14.3. The van der Waals surface area contributed by atoms with Gasteiger partial charge in [-0.2, -0.15) is 4.31 Å². The molecular weight excluding hydrogens is 368 g/mol. The molecule has 120 valence electrons. The van der Waals surface area contributed by atoms with Gasteiger partial charge in [0, 0.05) is 36.6 Å². The Morgan fingerprint density at radius 2 is 1.77 bits per heavy atom. The monoisotopic (exact) mass is 386 g/mol. The van der Waals surface area contributed by atoms with Gasteiger partial charge in [-0.05, 0) is 40.4 Å². The number of carbonyl (C=O) groups is 1. The molecule has 2 fully saturated rings. The summed E-state index contributed by atoms with van der Waals surface area (Å²) < 4.78 is 27.4. The lowest BCUT2D eigenvalue weighted by atomic mass is 10.2. The number of halogens is 1. The largest absolute Gasteiger partial charge is 0.340 e. The lowest BCUT2D eigenvalue weighted by Crippen LogP contribution is -2.51. The number of sulfonamides is 1.